The zero-order valence-corrected chi connectivity index (χ0v) is 12.1. The first kappa shape index (κ1) is 12.6. The van der Waals surface area contributed by atoms with Gasteiger partial charge in [-0.3, -0.25) is 0 Å². The molecule has 0 heterocycles. The highest BCUT2D eigenvalue weighted by Gasteiger charge is 2.11. The zero-order chi connectivity index (χ0) is 13.2. The van der Waals surface area contributed by atoms with Gasteiger partial charge in [-0.2, -0.15) is 0 Å². The van der Waals surface area contributed by atoms with Gasteiger partial charge in [0.25, 0.3) is 0 Å². The highest BCUT2D eigenvalue weighted by Crippen LogP contribution is 2.30. The summed E-state index contributed by atoms with van der Waals surface area (Å²) in [5.74, 6) is 0.996. The standard InChI is InChI=1S/C17H19NS/c1-12-15(6-3-7-17(12)18)11-19-16-9-8-13-4-2-5-14(13)10-16/h3,6-10H,2,4-5,11,18H2,1H3. The Hall–Kier alpha value is -1.41. The Kier molecular flexibility index (Phi) is 3.52. The minimum absolute atomic E-state index is 0.895. The van der Waals surface area contributed by atoms with Crippen molar-refractivity contribution in [2.24, 2.45) is 0 Å². The average Bonchev–Trinajstić information content (AvgIpc) is 2.88. The second-order valence-corrected chi connectivity index (χ2v) is 6.25. The summed E-state index contributed by atoms with van der Waals surface area (Å²) in [6.07, 6.45) is 3.83. The van der Waals surface area contributed by atoms with Gasteiger partial charge in [0.1, 0.15) is 0 Å². The van der Waals surface area contributed by atoms with Crippen LogP contribution in [-0.4, -0.2) is 0 Å². The van der Waals surface area contributed by atoms with E-state index >= 15 is 0 Å². The molecule has 1 aliphatic rings. The van der Waals surface area contributed by atoms with E-state index in [1.54, 1.807) is 11.1 Å². The minimum Gasteiger partial charge on any atom is -0.399 e. The van der Waals surface area contributed by atoms with Crippen molar-refractivity contribution in [1.29, 1.82) is 0 Å². The predicted octanol–water partition coefficient (Wildman–Crippen LogP) is 4.36. The molecule has 1 aliphatic carbocycles. The monoisotopic (exact) mass is 269 g/mol. The number of nitrogen functional groups attached to an aromatic ring is 1. The van der Waals surface area contributed by atoms with Crippen LogP contribution in [0.15, 0.2) is 41.3 Å². The van der Waals surface area contributed by atoms with Gasteiger partial charge in [-0.25, -0.2) is 0 Å². The molecule has 0 saturated carbocycles. The van der Waals surface area contributed by atoms with E-state index in [4.69, 9.17) is 5.73 Å². The molecule has 0 amide bonds. The van der Waals surface area contributed by atoms with Crippen LogP contribution in [0.1, 0.15) is 28.7 Å². The van der Waals surface area contributed by atoms with Crippen LogP contribution in [0.2, 0.25) is 0 Å². The third-order valence-corrected chi connectivity index (χ3v) is 4.99. The second kappa shape index (κ2) is 5.30. The Labute approximate surface area is 119 Å². The first-order valence-corrected chi connectivity index (χ1v) is 7.81. The van der Waals surface area contributed by atoms with E-state index in [0.29, 0.717) is 0 Å². The molecule has 98 valence electrons. The fourth-order valence-electron chi connectivity index (χ4n) is 2.66. The van der Waals surface area contributed by atoms with Crippen LogP contribution in [0.5, 0.6) is 0 Å². The van der Waals surface area contributed by atoms with Crippen LogP contribution >= 0.6 is 11.8 Å². The highest BCUT2D eigenvalue weighted by atomic mass is 32.2. The maximum absolute atomic E-state index is 5.95. The average molecular weight is 269 g/mol. The lowest BCUT2D eigenvalue weighted by molar-refractivity contribution is 0.911. The molecule has 3 rings (SSSR count). The lowest BCUT2D eigenvalue weighted by atomic mass is 10.1. The van der Waals surface area contributed by atoms with Gasteiger partial charge in [0, 0.05) is 16.3 Å². The number of hydrogen-bond donors (Lipinski definition) is 1. The number of fused-ring (bicyclic) bond motifs is 1. The van der Waals surface area contributed by atoms with Crippen molar-refractivity contribution in [3.05, 3.63) is 58.7 Å². The van der Waals surface area contributed by atoms with E-state index in [0.717, 1.165) is 11.4 Å². The molecule has 0 saturated heterocycles. The molecule has 0 spiro atoms. The summed E-state index contributed by atoms with van der Waals surface area (Å²) >= 11 is 1.91. The molecule has 0 unspecified atom stereocenters. The summed E-state index contributed by atoms with van der Waals surface area (Å²) in [4.78, 5) is 1.38. The summed E-state index contributed by atoms with van der Waals surface area (Å²) in [6.45, 7) is 2.11. The topological polar surface area (TPSA) is 26.0 Å². The van der Waals surface area contributed by atoms with Gasteiger partial charge < -0.3 is 5.73 Å². The molecule has 0 atom stereocenters. The molecule has 2 aromatic rings. The van der Waals surface area contributed by atoms with E-state index in [2.05, 4.69) is 31.2 Å². The smallest absolute Gasteiger partial charge is 0.0346 e. The van der Waals surface area contributed by atoms with E-state index in [9.17, 15) is 0 Å². The summed E-state index contributed by atoms with van der Waals surface area (Å²) < 4.78 is 0. The molecule has 2 aromatic carbocycles. The number of nitrogens with two attached hydrogens (primary N) is 1. The summed E-state index contributed by atoms with van der Waals surface area (Å²) in [7, 11) is 0. The maximum Gasteiger partial charge on any atom is 0.0346 e. The number of hydrogen-bond acceptors (Lipinski definition) is 2. The van der Waals surface area contributed by atoms with Crippen LogP contribution in [0, 0.1) is 6.92 Å². The van der Waals surface area contributed by atoms with Gasteiger partial charge in [0.2, 0.25) is 0 Å². The number of thioether (sulfide) groups is 1. The fraction of sp³-hybridized carbons (Fsp3) is 0.294. The third-order valence-electron chi connectivity index (χ3n) is 3.95. The van der Waals surface area contributed by atoms with Gasteiger partial charge in [0.15, 0.2) is 0 Å². The molecule has 0 aliphatic heterocycles. The van der Waals surface area contributed by atoms with Gasteiger partial charge in [-0.05, 0) is 66.6 Å². The third kappa shape index (κ3) is 2.64. The van der Waals surface area contributed by atoms with E-state index < -0.39 is 0 Å². The predicted molar refractivity (Wildman–Crippen MR) is 83.6 cm³/mol. The lowest BCUT2D eigenvalue weighted by Gasteiger charge is -2.09. The molecule has 19 heavy (non-hydrogen) atoms. The second-order valence-electron chi connectivity index (χ2n) is 5.20. The first-order valence-electron chi connectivity index (χ1n) is 6.82. The molecule has 0 aromatic heterocycles. The zero-order valence-electron chi connectivity index (χ0n) is 11.3. The van der Waals surface area contributed by atoms with Gasteiger partial charge in [0.05, 0.1) is 0 Å². The van der Waals surface area contributed by atoms with Crippen molar-refractivity contribution in [3.63, 3.8) is 0 Å². The van der Waals surface area contributed by atoms with Gasteiger partial charge in [-0.1, -0.05) is 18.2 Å². The van der Waals surface area contributed by atoms with Crippen molar-refractivity contribution in [2.75, 3.05) is 5.73 Å². The van der Waals surface area contributed by atoms with Crippen LogP contribution in [0.25, 0.3) is 0 Å². The number of anilines is 1. The maximum atomic E-state index is 5.95. The quantitative estimate of drug-likeness (QED) is 0.662. The van der Waals surface area contributed by atoms with Crippen molar-refractivity contribution < 1.29 is 0 Å². The Balaban J connectivity index is 1.74. The van der Waals surface area contributed by atoms with Gasteiger partial charge in [-0.15, -0.1) is 11.8 Å². The lowest BCUT2D eigenvalue weighted by Crippen LogP contribution is -1.94. The molecule has 2 heteroatoms. The minimum atomic E-state index is 0.895. The Morgan fingerprint density at radius 2 is 1.95 bits per heavy atom. The van der Waals surface area contributed by atoms with E-state index in [1.807, 2.05) is 23.9 Å². The number of aryl methyl sites for hydroxylation is 2. The first-order chi connectivity index (χ1) is 9.24. The van der Waals surface area contributed by atoms with Crippen molar-refractivity contribution in [1.82, 2.24) is 0 Å². The van der Waals surface area contributed by atoms with Crippen molar-refractivity contribution in [2.45, 2.75) is 36.8 Å². The largest absolute Gasteiger partial charge is 0.399 e. The molecule has 0 radical (unpaired) electrons. The highest BCUT2D eigenvalue weighted by molar-refractivity contribution is 7.98. The molecule has 2 N–H and O–H groups in total. The van der Waals surface area contributed by atoms with Gasteiger partial charge >= 0.3 is 0 Å². The molecule has 0 bridgehead atoms. The molecular weight excluding hydrogens is 250 g/mol. The van der Waals surface area contributed by atoms with Crippen molar-refractivity contribution >= 4 is 17.4 Å². The van der Waals surface area contributed by atoms with Crippen LogP contribution in [0.4, 0.5) is 5.69 Å². The fourth-order valence-corrected chi connectivity index (χ4v) is 3.68. The normalized spacial score (nSPS) is 13.5. The van der Waals surface area contributed by atoms with Crippen LogP contribution < -0.4 is 5.73 Å². The Bertz CT molecular complexity index is 604. The Morgan fingerprint density at radius 1 is 1.11 bits per heavy atom. The number of benzene rings is 2. The summed E-state index contributed by atoms with van der Waals surface area (Å²) in [5.41, 5.74) is 12.5. The van der Waals surface area contributed by atoms with Crippen LogP contribution in [-0.2, 0) is 18.6 Å². The summed E-state index contributed by atoms with van der Waals surface area (Å²) in [5, 5.41) is 0. The van der Waals surface area contributed by atoms with E-state index in [-0.39, 0.29) is 0 Å². The summed E-state index contributed by atoms with van der Waals surface area (Å²) in [6, 6.07) is 13.1. The number of rotatable bonds is 3. The molecule has 1 nitrogen and oxygen atoms in total. The van der Waals surface area contributed by atoms with E-state index in [1.165, 1.54) is 35.3 Å². The van der Waals surface area contributed by atoms with Crippen molar-refractivity contribution in [3.8, 4) is 0 Å². The molecule has 0 fully saturated rings. The Morgan fingerprint density at radius 3 is 2.84 bits per heavy atom. The molecular formula is C17H19NS. The van der Waals surface area contributed by atoms with Crippen LogP contribution in [0.3, 0.4) is 0 Å². The SMILES string of the molecule is Cc1c(N)cccc1CSc1ccc2c(c1)CCC2.